The van der Waals surface area contributed by atoms with Crippen molar-refractivity contribution in [1.82, 2.24) is 14.9 Å². The van der Waals surface area contributed by atoms with Crippen molar-refractivity contribution in [2.45, 2.75) is 25.4 Å². The lowest BCUT2D eigenvalue weighted by atomic mass is 10.1. The second-order valence-electron chi connectivity index (χ2n) is 3.93. The molecule has 0 bridgehead atoms. The van der Waals surface area contributed by atoms with Gasteiger partial charge in [0.25, 0.3) is 5.56 Å². The van der Waals surface area contributed by atoms with Crippen LogP contribution in [0, 0.1) is 4.77 Å². The van der Waals surface area contributed by atoms with Crippen LogP contribution in [0.4, 0.5) is 0 Å². The van der Waals surface area contributed by atoms with Gasteiger partial charge in [0.1, 0.15) is 0 Å². The summed E-state index contributed by atoms with van der Waals surface area (Å²) < 4.78 is 0.440. The number of aromatic amines is 2. The van der Waals surface area contributed by atoms with E-state index < -0.39 is 0 Å². The molecule has 2 N–H and O–H groups in total. The fraction of sp³-hybridized carbons (Fsp3) is 0.556. The number of nitrogens with one attached hydrogen (secondary N) is 2. The van der Waals surface area contributed by atoms with Crippen LogP contribution in [0.15, 0.2) is 4.79 Å². The lowest BCUT2D eigenvalue weighted by Crippen LogP contribution is -2.19. The Balaban J connectivity index is 2.24. The maximum Gasteiger partial charge on any atom is 0.256 e. The third-order valence-electron chi connectivity index (χ3n) is 3.12. The molecule has 4 nitrogen and oxygen atoms in total. The molecular weight excluding hydrogens is 198 g/mol. The molecule has 1 aromatic heterocycles. The molecule has 1 unspecified atom stereocenters. The molecule has 0 radical (unpaired) electrons. The molecule has 74 valence electrons. The van der Waals surface area contributed by atoms with E-state index in [0.717, 1.165) is 30.8 Å². The topological polar surface area (TPSA) is 51.9 Å². The average molecular weight is 209 g/mol. The molecule has 5 heteroatoms. The van der Waals surface area contributed by atoms with Crippen LogP contribution in [0.5, 0.6) is 0 Å². The summed E-state index contributed by atoms with van der Waals surface area (Å²) in [5.74, 6) is 0. The van der Waals surface area contributed by atoms with Crippen molar-refractivity contribution < 1.29 is 0 Å². The van der Waals surface area contributed by atoms with Crippen LogP contribution >= 0.6 is 12.2 Å². The number of aromatic nitrogens is 2. The molecule has 14 heavy (non-hydrogen) atoms. The molecule has 2 aliphatic rings. The SMILES string of the molecule is O=c1[nH]c(=S)[nH]c2c1C1CCCN1C2. The Bertz CT molecular complexity index is 490. The number of rotatable bonds is 0. The maximum absolute atomic E-state index is 11.7. The summed E-state index contributed by atoms with van der Waals surface area (Å²) in [5, 5.41) is 0. The smallest absolute Gasteiger partial charge is 0.256 e. The molecule has 1 aromatic rings. The van der Waals surface area contributed by atoms with E-state index in [1.54, 1.807) is 0 Å². The predicted octanol–water partition coefficient (Wildman–Crippen LogP) is 1.08. The molecule has 1 fully saturated rings. The number of H-pyrrole nitrogens is 2. The van der Waals surface area contributed by atoms with E-state index in [-0.39, 0.29) is 5.56 Å². The highest BCUT2D eigenvalue weighted by molar-refractivity contribution is 7.71. The van der Waals surface area contributed by atoms with Crippen molar-refractivity contribution in [3.05, 3.63) is 26.4 Å². The highest BCUT2D eigenvalue weighted by Crippen LogP contribution is 2.37. The van der Waals surface area contributed by atoms with Gasteiger partial charge in [0.2, 0.25) is 0 Å². The maximum atomic E-state index is 11.7. The molecular formula is C9H11N3OS. The van der Waals surface area contributed by atoms with Gasteiger partial charge in [-0.2, -0.15) is 0 Å². The average Bonchev–Trinajstić information content (AvgIpc) is 2.60. The molecule has 1 atom stereocenters. The summed E-state index contributed by atoms with van der Waals surface area (Å²) in [6, 6.07) is 0.334. The van der Waals surface area contributed by atoms with Crippen LogP contribution < -0.4 is 5.56 Å². The van der Waals surface area contributed by atoms with Crippen LogP contribution in [0.3, 0.4) is 0 Å². The third-order valence-corrected chi connectivity index (χ3v) is 3.32. The summed E-state index contributed by atoms with van der Waals surface area (Å²) >= 11 is 4.94. The van der Waals surface area contributed by atoms with Gasteiger partial charge in [-0.15, -0.1) is 0 Å². The second-order valence-corrected chi connectivity index (χ2v) is 4.34. The van der Waals surface area contributed by atoms with Crippen molar-refractivity contribution >= 4 is 12.2 Å². The summed E-state index contributed by atoms with van der Waals surface area (Å²) in [6.07, 6.45) is 2.29. The van der Waals surface area contributed by atoms with Gasteiger partial charge in [-0.1, -0.05) is 0 Å². The number of fused-ring (bicyclic) bond motifs is 3. The lowest BCUT2D eigenvalue weighted by Gasteiger charge is -2.12. The number of nitrogens with zero attached hydrogens (tertiary/aromatic N) is 1. The molecule has 0 aromatic carbocycles. The van der Waals surface area contributed by atoms with Crippen molar-refractivity contribution in [3.63, 3.8) is 0 Å². The van der Waals surface area contributed by atoms with Crippen LogP contribution in [0.25, 0.3) is 0 Å². The molecule has 0 saturated carbocycles. The van der Waals surface area contributed by atoms with Crippen LogP contribution in [0.1, 0.15) is 30.1 Å². The van der Waals surface area contributed by atoms with E-state index in [1.807, 2.05) is 0 Å². The standard InChI is InChI=1S/C9H11N3OS/c13-8-7-5(10-9(14)11-8)4-12-3-1-2-6(7)12/h6H,1-4H2,(H2,10,11,13,14). The Hall–Kier alpha value is -0.940. The van der Waals surface area contributed by atoms with E-state index in [4.69, 9.17) is 12.2 Å². The van der Waals surface area contributed by atoms with E-state index >= 15 is 0 Å². The van der Waals surface area contributed by atoms with Gasteiger partial charge in [-0.05, 0) is 31.6 Å². The molecule has 3 heterocycles. The first kappa shape index (κ1) is 8.38. The molecule has 0 amide bonds. The summed E-state index contributed by atoms with van der Waals surface area (Å²) in [5.41, 5.74) is 1.93. The van der Waals surface area contributed by atoms with E-state index in [9.17, 15) is 4.79 Å². The van der Waals surface area contributed by atoms with E-state index in [2.05, 4.69) is 14.9 Å². The van der Waals surface area contributed by atoms with Crippen LogP contribution in [-0.4, -0.2) is 21.4 Å². The summed E-state index contributed by atoms with van der Waals surface area (Å²) in [4.78, 5) is 19.8. The minimum absolute atomic E-state index is 0.00171. The minimum atomic E-state index is -0.00171. The molecule has 3 rings (SSSR count). The normalized spacial score (nSPS) is 25.0. The largest absolute Gasteiger partial charge is 0.334 e. The van der Waals surface area contributed by atoms with Gasteiger partial charge in [0.15, 0.2) is 4.77 Å². The summed E-state index contributed by atoms with van der Waals surface area (Å²) in [6.45, 7) is 1.95. The van der Waals surface area contributed by atoms with Crippen molar-refractivity contribution in [2.75, 3.05) is 6.54 Å². The second kappa shape index (κ2) is 2.77. The highest BCUT2D eigenvalue weighted by Gasteiger charge is 2.36. The number of hydrogen-bond donors (Lipinski definition) is 2. The first-order valence-corrected chi connectivity index (χ1v) is 5.26. The van der Waals surface area contributed by atoms with Gasteiger partial charge < -0.3 is 4.98 Å². The Kier molecular flexibility index (Phi) is 1.66. The van der Waals surface area contributed by atoms with Gasteiger partial charge in [-0.3, -0.25) is 14.7 Å². The quantitative estimate of drug-likeness (QED) is 0.629. The zero-order chi connectivity index (χ0) is 9.71. The van der Waals surface area contributed by atoms with Crippen molar-refractivity contribution in [3.8, 4) is 0 Å². The van der Waals surface area contributed by atoms with Crippen LogP contribution in [0.2, 0.25) is 0 Å². The fourth-order valence-electron chi connectivity index (χ4n) is 2.57. The monoisotopic (exact) mass is 209 g/mol. The van der Waals surface area contributed by atoms with Crippen molar-refractivity contribution in [1.29, 1.82) is 0 Å². The zero-order valence-corrected chi connectivity index (χ0v) is 8.49. The van der Waals surface area contributed by atoms with E-state index in [0.29, 0.717) is 10.8 Å². The Morgan fingerprint density at radius 1 is 1.43 bits per heavy atom. The minimum Gasteiger partial charge on any atom is -0.334 e. The van der Waals surface area contributed by atoms with Gasteiger partial charge in [0, 0.05) is 18.3 Å². The van der Waals surface area contributed by atoms with Gasteiger partial charge in [-0.25, -0.2) is 0 Å². The molecule has 1 saturated heterocycles. The highest BCUT2D eigenvalue weighted by atomic mass is 32.1. The summed E-state index contributed by atoms with van der Waals surface area (Å²) in [7, 11) is 0. The Morgan fingerprint density at radius 3 is 3.14 bits per heavy atom. The predicted molar refractivity (Wildman–Crippen MR) is 54.6 cm³/mol. The third kappa shape index (κ3) is 1.02. The van der Waals surface area contributed by atoms with E-state index in [1.165, 1.54) is 6.42 Å². The number of hydrogen-bond acceptors (Lipinski definition) is 3. The molecule has 0 spiro atoms. The zero-order valence-electron chi connectivity index (χ0n) is 7.67. The molecule has 0 aliphatic carbocycles. The first-order valence-electron chi connectivity index (χ1n) is 4.85. The first-order chi connectivity index (χ1) is 6.75. The Labute approximate surface area is 86.0 Å². The Morgan fingerprint density at radius 2 is 2.29 bits per heavy atom. The van der Waals surface area contributed by atoms with Gasteiger partial charge >= 0.3 is 0 Å². The van der Waals surface area contributed by atoms with Crippen LogP contribution in [-0.2, 0) is 6.54 Å². The fourth-order valence-corrected chi connectivity index (χ4v) is 2.78. The van der Waals surface area contributed by atoms with Gasteiger partial charge in [0.05, 0.1) is 5.56 Å². The van der Waals surface area contributed by atoms with Crippen molar-refractivity contribution in [2.24, 2.45) is 0 Å². The molecule has 2 aliphatic heterocycles. The lowest BCUT2D eigenvalue weighted by molar-refractivity contribution is 0.279.